The van der Waals surface area contributed by atoms with Crippen molar-refractivity contribution in [1.29, 1.82) is 0 Å². The van der Waals surface area contributed by atoms with Gasteiger partial charge in [0, 0.05) is 12.6 Å². The molecule has 4 atom stereocenters. The molecule has 2 heteroatoms. The molecule has 0 spiro atoms. The molecule has 1 aromatic carbocycles. The van der Waals surface area contributed by atoms with Crippen LogP contribution in [-0.2, 0) is 4.74 Å². The molecule has 1 aliphatic heterocycles. The average Bonchev–Trinajstić information content (AvgIpc) is 3.27. The highest BCUT2D eigenvalue weighted by Gasteiger charge is 2.46. The van der Waals surface area contributed by atoms with E-state index in [-0.39, 0.29) is 0 Å². The van der Waals surface area contributed by atoms with Gasteiger partial charge in [-0.15, -0.1) is 0 Å². The van der Waals surface area contributed by atoms with Crippen LogP contribution in [0.3, 0.4) is 0 Å². The zero-order chi connectivity index (χ0) is 13.1. The van der Waals surface area contributed by atoms with Crippen molar-refractivity contribution < 1.29 is 4.74 Å². The number of nitrogens with one attached hydrogen (secondary N) is 1. The highest BCUT2D eigenvalue weighted by atomic mass is 16.5. The molecule has 0 aromatic heterocycles. The first-order chi connectivity index (χ1) is 9.40. The summed E-state index contributed by atoms with van der Waals surface area (Å²) in [7, 11) is 0. The molecule has 4 unspecified atom stereocenters. The van der Waals surface area contributed by atoms with E-state index in [4.69, 9.17) is 4.74 Å². The third kappa shape index (κ3) is 3.01. The van der Waals surface area contributed by atoms with E-state index in [1.165, 1.54) is 24.8 Å². The number of hydrogen-bond donors (Lipinski definition) is 1. The summed E-state index contributed by atoms with van der Waals surface area (Å²) in [6, 6.07) is 11.6. The molecule has 0 radical (unpaired) electrons. The largest absolute Gasteiger partial charge is 0.381 e. The summed E-state index contributed by atoms with van der Waals surface area (Å²) in [6.45, 7) is 5.20. The second-order valence-electron chi connectivity index (χ2n) is 5.98. The lowest BCUT2D eigenvalue weighted by molar-refractivity contribution is 0.0356. The Kier molecular flexibility index (Phi) is 4.19. The summed E-state index contributed by atoms with van der Waals surface area (Å²) in [5.41, 5.74) is 1.52. The second-order valence-corrected chi connectivity index (χ2v) is 5.98. The first-order valence-electron chi connectivity index (χ1n) is 7.76. The molecular weight excluding hydrogens is 234 g/mol. The Hall–Kier alpha value is -0.860. The van der Waals surface area contributed by atoms with Crippen molar-refractivity contribution in [1.82, 2.24) is 5.32 Å². The molecule has 1 N–H and O–H groups in total. The smallest absolute Gasteiger partial charge is 0.0509 e. The summed E-state index contributed by atoms with van der Waals surface area (Å²) < 4.78 is 5.69. The predicted octanol–water partition coefficient (Wildman–Crippen LogP) is 3.19. The highest BCUT2D eigenvalue weighted by molar-refractivity contribution is 5.27. The number of benzene rings is 1. The summed E-state index contributed by atoms with van der Waals surface area (Å²) in [6.07, 6.45) is 3.91. The van der Waals surface area contributed by atoms with E-state index >= 15 is 0 Å². The summed E-state index contributed by atoms with van der Waals surface area (Å²) >= 11 is 0. The van der Waals surface area contributed by atoms with Crippen LogP contribution >= 0.6 is 0 Å². The molecule has 2 nitrogen and oxygen atoms in total. The molecule has 1 aliphatic carbocycles. The summed E-state index contributed by atoms with van der Waals surface area (Å²) in [5.74, 6) is 2.30. The number of hydrogen-bond acceptors (Lipinski definition) is 2. The minimum Gasteiger partial charge on any atom is -0.381 e. The predicted molar refractivity (Wildman–Crippen MR) is 78.3 cm³/mol. The molecule has 0 bridgehead atoms. The van der Waals surface area contributed by atoms with Gasteiger partial charge < -0.3 is 10.1 Å². The SMILES string of the molecule is CCNC(C1CCCOC1)C1CC1c1ccccc1. The zero-order valence-corrected chi connectivity index (χ0v) is 11.8. The van der Waals surface area contributed by atoms with Crippen molar-refractivity contribution in [3.05, 3.63) is 35.9 Å². The van der Waals surface area contributed by atoms with Crippen LogP contribution in [0.15, 0.2) is 30.3 Å². The molecular formula is C17H25NO. The molecule has 1 heterocycles. The Morgan fingerprint density at radius 1 is 1.32 bits per heavy atom. The maximum absolute atomic E-state index is 5.69. The molecule has 2 fully saturated rings. The first kappa shape index (κ1) is 13.1. The van der Waals surface area contributed by atoms with Gasteiger partial charge in [0.15, 0.2) is 0 Å². The lowest BCUT2D eigenvalue weighted by Gasteiger charge is -2.31. The molecule has 1 saturated carbocycles. The van der Waals surface area contributed by atoms with Crippen LogP contribution in [0.1, 0.15) is 37.7 Å². The van der Waals surface area contributed by atoms with Gasteiger partial charge in [-0.1, -0.05) is 37.3 Å². The van der Waals surface area contributed by atoms with Crippen molar-refractivity contribution in [3.8, 4) is 0 Å². The minimum atomic E-state index is 0.649. The van der Waals surface area contributed by atoms with Gasteiger partial charge in [0.05, 0.1) is 6.61 Å². The third-order valence-corrected chi connectivity index (χ3v) is 4.67. The van der Waals surface area contributed by atoms with Crippen LogP contribution < -0.4 is 5.32 Å². The third-order valence-electron chi connectivity index (χ3n) is 4.67. The molecule has 1 saturated heterocycles. The maximum atomic E-state index is 5.69. The van der Waals surface area contributed by atoms with E-state index < -0.39 is 0 Å². The van der Waals surface area contributed by atoms with Crippen molar-refractivity contribution in [2.45, 2.75) is 38.1 Å². The fraction of sp³-hybridized carbons (Fsp3) is 0.647. The molecule has 19 heavy (non-hydrogen) atoms. The van der Waals surface area contributed by atoms with Gasteiger partial charge in [-0.25, -0.2) is 0 Å². The van der Waals surface area contributed by atoms with Crippen molar-refractivity contribution in [2.24, 2.45) is 11.8 Å². The van der Waals surface area contributed by atoms with Crippen LogP contribution in [0, 0.1) is 11.8 Å². The van der Waals surface area contributed by atoms with Crippen LogP contribution in [0.4, 0.5) is 0 Å². The topological polar surface area (TPSA) is 21.3 Å². The Balaban J connectivity index is 1.65. The molecule has 3 rings (SSSR count). The zero-order valence-electron chi connectivity index (χ0n) is 11.8. The van der Waals surface area contributed by atoms with E-state index in [9.17, 15) is 0 Å². The maximum Gasteiger partial charge on any atom is 0.0509 e. The molecule has 2 aliphatic rings. The van der Waals surface area contributed by atoms with Crippen LogP contribution in [0.2, 0.25) is 0 Å². The quantitative estimate of drug-likeness (QED) is 0.877. The summed E-state index contributed by atoms with van der Waals surface area (Å²) in [5, 5.41) is 3.73. The van der Waals surface area contributed by atoms with Gasteiger partial charge in [0.2, 0.25) is 0 Å². The fourth-order valence-electron chi connectivity index (χ4n) is 3.65. The summed E-state index contributed by atoms with van der Waals surface area (Å²) in [4.78, 5) is 0. The van der Waals surface area contributed by atoms with Gasteiger partial charge in [-0.3, -0.25) is 0 Å². The van der Waals surface area contributed by atoms with E-state index in [0.717, 1.165) is 31.6 Å². The van der Waals surface area contributed by atoms with Crippen molar-refractivity contribution >= 4 is 0 Å². The van der Waals surface area contributed by atoms with Crippen molar-refractivity contribution in [3.63, 3.8) is 0 Å². The van der Waals surface area contributed by atoms with Gasteiger partial charge in [0.1, 0.15) is 0 Å². The number of rotatable bonds is 5. The number of ether oxygens (including phenoxy) is 1. The van der Waals surface area contributed by atoms with E-state index in [2.05, 4.69) is 42.6 Å². The van der Waals surface area contributed by atoms with Gasteiger partial charge >= 0.3 is 0 Å². The van der Waals surface area contributed by atoms with Gasteiger partial charge in [-0.05, 0) is 49.1 Å². The van der Waals surface area contributed by atoms with Crippen LogP contribution in [0.25, 0.3) is 0 Å². The van der Waals surface area contributed by atoms with Gasteiger partial charge in [-0.2, -0.15) is 0 Å². The average molecular weight is 259 g/mol. The molecule has 104 valence electrons. The Morgan fingerprint density at radius 3 is 2.84 bits per heavy atom. The first-order valence-corrected chi connectivity index (χ1v) is 7.76. The highest BCUT2D eigenvalue weighted by Crippen LogP contribution is 2.51. The van der Waals surface area contributed by atoms with Gasteiger partial charge in [0.25, 0.3) is 0 Å². The van der Waals surface area contributed by atoms with E-state index in [0.29, 0.717) is 12.0 Å². The Labute approximate surface area is 116 Å². The van der Waals surface area contributed by atoms with Crippen molar-refractivity contribution in [2.75, 3.05) is 19.8 Å². The molecule has 1 aromatic rings. The Morgan fingerprint density at radius 2 is 2.16 bits per heavy atom. The van der Waals surface area contributed by atoms with Crippen LogP contribution in [0.5, 0.6) is 0 Å². The minimum absolute atomic E-state index is 0.649. The lowest BCUT2D eigenvalue weighted by atomic mass is 9.89. The van der Waals surface area contributed by atoms with Crippen LogP contribution in [-0.4, -0.2) is 25.8 Å². The second kappa shape index (κ2) is 6.06. The molecule has 0 amide bonds. The normalized spacial score (nSPS) is 31.9. The van der Waals surface area contributed by atoms with E-state index in [1.54, 1.807) is 0 Å². The Bertz CT molecular complexity index is 386. The fourth-order valence-corrected chi connectivity index (χ4v) is 3.65. The standard InChI is InChI=1S/C17H25NO/c1-2-18-17(14-9-6-10-19-12-14)16-11-15(16)13-7-4-3-5-8-13/h3-5,7-8,14-18H,2,6,9-12H2,1H3. The van der Waals surface area contributed by atoms with E-state index in [1.807, 2.05) is 0 Å². The lowest BCUT2D eigenvalue weighted by Crippen LogP contribution is -2.42. The monoisotopic (exact) mass is 259 g/mol.